The monoisotopic (exact) mass is 314 g/mol. The first kappa shape index (κ1) is 16.4. The highest BCUT2D eigenvalue weighted by molar-refractivity contribution is 7.86. The van der Waals surface area contributed by atoms with Gasteiger partial charge in [-0.1, -0.05) is 17.7 Å². The van der Waals surface area contributed by atoms with Crippen LogP contribution in [0.3, 0.4) is 0 Å². The number of ether oxygens (including phenoxy) is 2. The second kappa shape index (κ2) is 7.35. The first-order valence-corrected chi connectivity index (χ1v) is 8.61. The smallest absolute Gasteiger partial charge is 0.297 e. The number of hydrogen-bond donors (Lipinski definition) is 0. The zero-order valence-electron chi connectivity index (χ0n) is 12.4. The largest absolute Gasteiger partial charge is 0.353 e. The van der Waals surface area contributed by atoms with Gasteiger partial charge in [0, 0.05) is 6.61 Å². The van der Waals surface area contributed by atoms with Gasteiger partial charge in [-0.3, -0.25) is 4.18 Å². The van der Waals surface area contributed by atoms with Gasteiger partial charge in [-0.15, -0.1) is 0 Å². The fourth-order valence-corrected chi connectivity index (χ4v) is 3.05. The summed E-state index contributed by atoms with van der Waals surface area (Å²) in [5.74, 6) is 0. The molecule has 0 N–H and O–H groups in total. The van der Waals surface area contributed by atoms with Crippen molar-refractivity contribution in [1.29, 1.82) is 0 Å². The van der Waals surface area contributed by atoms with E-state index in [0.717, 1.165) is 24.8 Å². The van der Waals surface area contributed by atoms with E-state index in [1.807, 2.05) is 6.92 Å². The summed E-state index contributed by atoms with van der Waals surface area (Å²) in [7, 11) is -3.73. The Labute approximate surface area is 126 Å². The van der Waals surface area contributed by atoms with Gasteiger partial charge in [-0.25, -0.2) is 0 Å². The van der Waals surface area contributed by atoms with Crippen LogP contribution in [0.2, 0.25) is 0 Å². The highest BCUT2D eigenvalue weighted by atomic mass is 32.2. The van der Waals surface area contributed by atoms with Crippen LogP contribution in [0.5, 0.6) is 0 Å². The Morgan fingerprint density at radius 1 is 1.29 bits per heavy atom. The SMILES string of the molecule is Cc1ccc(S(=O)(=O)OC[C@H](C)O[C@H]2CCCCO2)cc1. The maximum absolute atomic E-state index is 12.0. The van der Waals surface area contributed by atoms with Gasteiger partial charge in [0.25, 0.3) is 10.1 Å². The minimum absolute atomic E-state index is 0.0178. The molecule has 0 aliphatic carbocycles. The van der Waals surface area contributed by atoms with Crippen molar-refractivity contribution in [3.05, 3.63) is 29.8 Å². The number of rotatable bonds is 6. The first-order valence-electron chi connectivity index (χ1n) is 7.20. The Morgan fingerprint density at radius 2 is 2.00 bits per heavy atom. The highest BCUT2D eigenvalue weighted by Crippen LogP contribution is 2.17. The summed E-state index contributed by atoms with van der Waals surface area (Å²) in [5, 5.41) is 0. The summed E-state index contributed by atoms with van der Waals surface area (Å²) in [6, 6.07) is 6.57. The molecular weight excluding hydrogens is 292 g/mol. The molecule has 118 valence electrons. The summed E-state index contributed by atoms with van der Waals surface area (Å²) in [4.78, 5) is 0.161. The minimum Gasteiger partial charge on any atom is -0.353 e. The lowest BCUT2D eigenvalue weighted by Gasteiger charge is -2.25. The fourth-order valence-electron chi connectivity index (χ4n) is 2.08. The lowest BCUT2D eigenvalue weighted by atomic mass is 10.2. The van der Waals surface area contributed by atoms with Gasteiger partial charge in [0.05, 0.1) is 17.6 Å². The summed E-state index contributed by atoms with van der Waals surface area (Å²) in [6.45, 7) is 4.36. The Bertz CT molecular complexity index is 532. The Morgan fingerprint density at radius 3 is 2.62 bits per heavy atom. The van der Waals surface area contributed by atoms with E-state index in [4.69, 9.17) is 13.7 Å². The van der Waals surface area contributed by atoms with Crippen molar-refractivity contribution >= 4 is 10.1 Å². The molecule has 1 saturated heterocycles. The zero-order valence-corrected chi connectivity index (χ0v) is 13.3. The van der Waals surface area contributed by atoms with E-state index in [1.165, 1.54) is 0 Å². The fraction of sp³-hybridized carbons (Fsp3) is 0.600. The number of benzene rings is 1. The molecule has 5 nitrogen and oxygen atoms in total. The van der Waals surface area contributed by atoms with Crippen LogP contribution in [0, 0.1) is 6.92 Å². The molecule has 0 radical (unpaired) electrons. The van der Waals surface area contributed by atoms with Gasteiger partial charge in [-0.2, -0.15) is 8.42 Å². The van der Waals surface area contributed by atoms with Crippen LogP contribution in [-0.4, -0.2) is 34.0 Å². The summed E-state index contributed by atoms with van der Waals surface area (Å²) in [6.07, 6.45) is 2.37. The van der Waals surface area contributed by atoms with Gasteiger partial charge in [0.1, 0.15) is 0 Å². The van der Waals surface area contributed by atoms with Gasteiger partial charge >= 0.3 is 0 Å². The Hall–Kier alpha value is -0.950. The Kier molecular flexibility index (Phi) is 5.75. The van der Waals surface area contributed by atoms with Gasteiger partial charge in [-0.05, 0) is 45.2 Å². The van der Waals surface area contributed by atoms with Crippen LogP contribution in [0.15, 0.2) is 29.2 Å². The van der Waals surface area contributed by atoms with Crippen LogP contribution in [0.1, 0.15) is 31.7 Å². The second-order valence-electron chi connectivity index (χ2n) is 5.29. The molecule has 1 fully saturated rings. The molecule has 1 aromatic carbocycles. The quantitative estimate of drug-likeness (QED) is 0.755. The third kappa shape index (κ3) is 5.07. The summed E-state index contributed by atoms with van der Waals surface area (Å²) < 4.78 is 40.2. The molecule has 0 spiro atoms. The Balaban J connectivity index is 1.84. The molecule has 0 unspecified atom stereocenters. The molecule has 0 aromatic heterocycles. The minimum atomic E-state index is -3.73. The van der Waals surface area contributed by atoms with Crippen molar-refractivity contribution in [3.63, 3.8) is 0 Å². The lowest BCUT2D eigenvalue weighted by Crippen LogP contribution is -2.29. The van der Waals surface area contributed by atoms with Gasteiger partial charge in [0.15, 0.2) is 6.29 Å². The van der Waals surface area contributed by atoms with E-state index < -0.39 is 10.1 Å². The van der Waals surface area contributed by atoms with Crippen LogP contribution in [0.25, 0.3) is 0 Å². The topological polar surface area (TPSA) is 61.8 Å². The first-order chi connectivity index (χ1) is 9.97. The molecule has 1 heterocycles. The average molecular weight is 314 g/mol. The predicted octanol–water partition coefficient (Wildman–Crippen LogP) is 2.63. The third-order valence-electron chi connectivity index (χ3n) is 3.29. The molecule has 21 heavy (non-hydrogen) atoms. The number of hydrogen-bond acceptors (Lipinski definition) is 5. The normalized spacial score (nSPS) is 21.1. The molecule has 6 heteroatoms. The lowest BCUT2D eigenvalue weighted by molar-refractivity contribution is -0.188. The molecule has 2 atom stereocenters. The van der Waals surface area contributed by atoms with Crippen LogP contribution in [0.4, 0.5) is 0 Å². The standard InChI is InChI=1S/C15H22O5S/c1-12-6-8-14(9-7-12)21(16,17)19-11-13(2)20-15-5-3-4-10-18-15/h6-9,13,15H,3-5,10-11H2,1-2H3/t13-,15-/m0/s1. The molecule has 1 aromatic rings. The average Bonchev–Trinajstić information content (AvgIpc) is 2.47. The van der Waals surface area contributed by atoms with Crippen molar-refractivity contribution in [2.45, 2.75) is 50.4 Å². The van der Waals surface area contributed by atoms with Crippen molar-refractivity contribution in [2.75, 3.05) is 13.2 Å². The van der Waals surface area contributed by atoms with Crippen molar-refractivity contribution in [2.24, 2.45) is 0 Å². The van der Waals surface area contributed by atoms with Gasteiger partial charge in [0.2, 0.25) is 0 Å². The van der Waals surface area contributed by atoms with E-state index >= 15 is 0 Å². The highest BCUT2D eigenvalue weighted by Gasteiger charge is 2.20. The summed E-state index contributed by atoms with van der Waals surface area (Å²) >= 11 is 0. The number of aryl methyl sites for hydroxylation is 1. The third-order valence-corrected chi connectivity index (χ3v) is 4.59. The van der Waals surface area contributed by atoms with E-state index in [-0.39, 0.29) is 23.9 Å². The second-order valence-corrected chi connectivity index (χ2v) is 6.91. The van der Waals surface area contributed by atoms with Crippen molar-refractivity contribution < 1.29 is 22.1 Å². The van der Waals surface area contributed by atoms with E-state index in [9.17, 15) is 8.42 Å². The maximum Gasteiger partial charge on any atom is 0.297 e. The van der Waals surface area contributed by atoms with Crippen molar-refractivity contribution in [3.8, 4) is 0 Å². The van der Waals surface area contributed by atoms with E-state index in [0.29, 0.717) is 6.61 Å². The molecule has 0 saturated carbocycles. The van der Waals surface area contributed by atoms with Crippen molar-refractivity contribution in [1.82, 2.24) is 0 Å². The van der Waals surface area contributed by atoms with Gasteiger partial charge < -0.3 is 9.47 Å². The van der Waals surface area contributed by atoms with E-state index in [1.54, 1.807) is 31.2 Å². The van der Waals surface area contributed by atoms with Crippen LogP contribution in [-0.2, 0) is 23.8 Å². The van der Waals surface area contributed by atoms with Crippen LogP contribution < -0.4 is 0 Å². The molecule has 0 amide bonds. The molecule has 1 aliphatic heterocycles. The molecular formula is C15H22O5S. The summed E-state index contributed by atoms with van der Waals surface area (Å²) in [5.41, 5.74) is 1.00. The van der Waals surface area contributed by atoms with E-state index in [2.05, 4.69) is 0 Å². The molecule has 1 aliphatic rings. The maximum atomic E-state index is 12.0. The molecule has 2 rings (SSSR count). The predicted molar refractivity (Wildman–Crippen MR) is 78.5 cm³/mol. The molecule has 0 bridgehead atoms. The zero-order chi connectivity index (χ0) is 15.3. The van der Waals surface area contributed by atoms with Crippen LogP contribution >= 0.6 is 0 Å².